The lowest BCUT2D eigenvalue weighted by Gasteiger charge is -2.41. The lowest BCUT2D eigenvalue weighted by atomic mass is 10.0. The summed E-state index contributed by atoms with van der Waals surface area (Å²) in [6, 6.07) is 4.69. The van der Waals surface area contributed by atoms with Crippen LogP contribution in [0.3, 0.4) is 0 Å². The predicted molar refractivity (Wildman–Crippen MR) is 81.2 cm³/mol. The van der Waals surface area contributed by atoms with Crippen LogP contribution in [0.1, 0.15) is 43.1 Å². The van der Waals surface area contributed by atoms with Crippen molar-refractivity contribution in [3.05, 3.63) is 35.1 Å². The van der Waals surface area contributed by atoms with Gasteiger partial charge in [-0.15, -0.1) is 0 Å². The number of hydrogen-bond donors (Lipinski definition) is 0. The fourth-order valence-corrected chi connectivity index (χ4v) is 2.93. The zero-order valence-corrected chi connectivity index (χ0v) is 13.3. The van der Waals surface area contributed by atoms with Crippen LogP contribution in [0.25, 0.3) is 0 Å². The molecule has 0 bridgehead atoms. The number of aryl methyl sites for hydroxylation is 1. The Bertz CT molecular complexity index is 528. The van der Waals surface area contributed by atoms with Gasteiger partial charge in [0.15, 0.2) is 5.78 Å². The topological polar surface area (TPSA) is 29.5 Å². The molecule has 4 heteroatoms. The molecule has 0 N–H and O–H groups in total. The lowest BCUT2D eigenvalue weighted by Crippen LogP contribution is -2.52. The lowest BCUT2D eigenvalue weighted by molar-refractivity contribution is -0.128. The molecule has 1 aliphatic rings. The minimum absolute atomic E-state index is 0.00847. The first-order valence-electron chi connectivity index (χ1n) is 7.46. The van der Waals surface area contributed by atoms with Crippen molar-refractivity contribution in [1.82, 2.24) is 4.90 Å². The van der Waals surface area contributed by atoms with Crippen molar-refractivity contribution in [3.8, 4) is 0 Å². The quantitative estimate of drug-likeness (QED) is 0.798. The van der Waals surface area contributed by atoms with Gasteiger partial charge in [-0.3, -0.25) is 9.69 Å². The summed E-state index contributed by atoms with van der Waals surface area (Å²) >= 11 is 0. The van der Waals surface area contributed by atoms with E-state index in [9.17, 15) is 9.18 Å². The van der Waals surface area contributed by atoms with Crippen LogP contribution in [0.5, 0.6) is 0 Å². The molecule has 1 atom stereocenters. The Morgan fingerprint density at radius 2 is 2.19 bits per heavy atom. The second-order valence-electron chi connectivity index (χ2n) is 6.56. The fourth-order valence-electron chi connectivity index (χ4n) is 2.93. The molecule has 3 nitrogen and oxygen atoms in total. The molecule has 0 amide bonds. The van der Waals surface area contributed by atoms with E-state index < -0.39 is 0 Å². The second kappa shape index (κ2) is 6.24. The Morgan fingerprint density at radius 3 is 2.81 bits per heavy atom. The number of morpholine rings is 1. The number of Topliss-reactive ketones (excluding diaryl/α,β-unsaturated/α-hetero) is 1. The maximum absolute atomic E-state index is 13.5. The summed E-state index contributed by atoms with van der Waals surface area (Å²) in [5.74, 6) is -0.326. The van der Waals surface area contributed by atoms with Crippen molar-refractivity contribution in [1.29, 1.82) is 0 Å². The molecule has 1 heterocycles. The molecular formula is C17H24FNO2. The van der Waals surface area contributed by atoms with Crippen LogP contribution in [0, 0.1) is 12.7 Å². The standard InChI is InChI=1S/C17H24FNO2/c1-12-5-6-14(9-15(12)18)16(20)7-8-19-10-13(2)21-17(3,4)11-19/h5-6,9,13H,7-8,10-11H2,1-4H3. The van der Waals surface area contributed by atoms with Gasteiger partial charge < -0.3 is 4.74 Å². The highest BCUT2D eigenvalue weighted by molar-refractivity contribution is 5.96. The Labute approximate surface area is 126 Å². The third-order valence-corrected chi connectivity index (χ3v) is 3.79. The Morgan fingerprint density at radius 1 is 1.48 bits per heavy atom. The summed E-state index contributed by atoms with van der Waals surface area (Å²) in [6.07, 6.45) is 0.575. The molecule has 1 saturated heterocycles. The van der Waals surface area contributed by atoms with Gasteiger partial charge in [-0.05, 0) is 39.3 Å². The molecule has 0 aliphatic carbocycles. The van der Waals surface area contributed by atoms with Gasteiger partial charge >= 0.3 is 0 Å². The van der Waals surface area contributed by atoms with Crippen LogP contribution in [0.15, 0.2) is 18.2 Å². The first-order valence-corrected chi connectivity index (χ1v) is 7.46. The van der Waals surface area contributed by atoms with Gasteiger partial charge in [-0.1, -0.05) is 12.1 Å². The smallest absolute Gasteiger partial charge is 0.164 e. The van der Waals surface area contributed by atoms with E-state index in [0.29, 0.717) is 24.1 Å². The van der Waals surface area contributed by atoms with Gasteiger partial charge in [0.2, 0.25) is 0 Å². The monoisotopic (exact) mass is 293 g/mol. The van der Waals surface area contributed by atoms with Gasteiger partial charge in [-0.25, -0.2) is 4.39 Å². The van der Waals surface area contributed by atoms with E-state index in [0.717, 1.165) is 13.1 Å². The van der Waals surface area contributed by atoms with E-state index in [-0.39, 0.29) is 23.3 Å². The van der Waals surface area contributed by atoms with Crippen LogP contribution in [0.2, 0.25) is 0 Å². The average molecular weight is 293 g/mol. The van der Waals surface area contributed by atoms with Crippen LogP contribution in [-0.2, 0) is 4.74 Å². The molecule has 1 aliphatic heterocycles. The number of ketones is 1. The molecule has 1 aromatic rings. The third-order valence-electron chi connectivity index (χ3n) is 3.79. The van der Waals surface area contributed by atoms with Crippen LogP contribution in [0.4, 0.5) is 4.39 Å². The number of ether oxygens (including phenoxy) is 1. The molecule has 1 aromatic carbocycles. The summed E-state index contributed by atoms with van der Waals surface area (Å²) in [6.45, 7) is 10.2. The molecule has 0 radical (unpaired) electrons. The molecule has 1 unspecified atom stereocenters. The maximum atomic E-state index is 13.5. The van der Waals surface area contributed by atoms with Gasteiger partial charge in [0.1, 0.15) is 5.82 Å². The number of benzene rings is 1. The number of carbonyl (C=O) groups is 1. The van der Waals surface area contributed by atoms with E-state index in [1.807, 2.05) is 6.92 Å². The molecule has 0 spiro atoms. The average Bonchev–Trinajstić information content (AvgIpc) is 2.37. The number of nitrogens with zero attached hydrogens (tertiary/aromatic N) is 1. The van der Waals surface area contributed by atoms with E-state index >= 15 is 0 Å². The summed E-state index contributed by atoms with van der Waals surface area (Å²) in [5, 5.41) is 0. The van der Waals surface area contributed by atoms with Crippen molar-refractivity contribution >= 4 is 5.78 Å². The number of halogens is 1. The molecule has 0 aromatic heterocycles. The summed E-state index contributed by atoms with van der Waals surface area (Å²) < 4.78 is 19.4. The zero-order chi connectivity index (χ0) is 15.6. The van der Waals surface area contributed by atoms with E-state index in [1.54, 1.807) is 19.1 Å². The van der Waals surface area contributed by atoms with E-state index in [4.69, 9.17) is 4.74 Å². The fraction of sp³-hybridized carbons (Fsp3) is 0.588. The van der Waals surface area contributed by atoms with Gasteiger partial charge in [0.05, 0.1) is 11.7 Å². The highest BCUT2D eigenvalue weighted by Gasteiger charge is 2.31. The Hall–Kier alpha value is -1.26. The van der Waals surface area contributed by atoms with Gasteiger partial charge in [0, 0.05) is 31.6 Å². The van der Waals surface area contributed by atoms with Gasteiger partial charge in [0.25, 0.3) is 0 Å². The molecular weight excluding hydrogens is 269 g/mol. The second-order valence-corrected chi connectivity index (χ2v) is 6.56. The molecule has 1 fully saturated rings. The van der Waals surface area contributed by atoms with Crippen LogP contribution in [-0.4, -0.2) is 42.0 Å². The highest BCUT2D eigenvalue weighted by atomic mass is 19.1. The van der Waals surface area contributed by atoms with Crippen molar-refractivity contribution in [2.45, 2.75) is 45.8 Å². The van der Waals surface area contributed by atoms with Crippen molar-refractivity contribution in [3.63, 3.8) is 0 Å². The van der Waals surface area contributed by atoms with Crippen molar-refractivity contribution in [2.75, 3.05) is 19.6 Å². The maximum Gasteiger partial charge on any atom is 0.164 e. The SMILES string of the molecule is Cc1ccc(C(=O)CCN2CC(C)OC(C)(C)C2)cc1F. The first-order chi connectivity index (χ1) is 9.77. The zero-order valence-electron chi connectivity index (χ0n) is 13.3. The van der Waals surface area contributed by atoms with E-state index in [1.165, 1.54) is 6.07 Å². The predicted octanol–water partition coefficient (Wildman–Crippen LogP) is 3.21. The minimum Gasteiger partial charge on any atom is -0.370 e. The first kappa shape index (κ1) is 16.1. The summed E-state index contributed by atoms with van der Waals surface area (Å²) in [4.78, 5) is 14.4. The Balaban J connectivity index is 1.93. The normalized spacial score (nSPS) is 22.2. The molecule has 0 saturated carbocycles. The Kier molecular flexibility index (Phi) is 4.79. The number of rotatable bonds is 4. The largest absolute Gasteiger partial charge is 0.370 e. The van der Waals surface area contributed by atoms with Crippen molar-refractivity contribution in [2.24, 2.45) is 0 Å². The van der Waals surface area contributed by atoms with Gasteiger partial charge in [-0.2, -0.15) is 0 Å². The van der Waals surface area contributed by atoms with Crippen molar-refractivity contribution < 1.29 is 13.9 Å². The minimum atomic E-state index is -0.318. The van der Waals surface area contributed by atoms with Crippen LogP contribution >= 0.6 is 0 Å². The summed E-state index contributed by atoms with van der Waals surface area (Å²) in [7, 11) is 0. The molecule has 116 valence electrons. The summed E-state index contributed by atoms with van der Waals surface area (Å²) in [5.41, 5.74) is 0.838. The third kappa shape index (κ3) is 4.35. The van der Waals surface area contributed by atoms with Crippen LogP contribution < -0.4 is 0 Å². The molecule has 2 rings (SSSR count). The number of hydrogen-bond acceptors (Lipinski definition) is 3. The molecule has 21 heavy (non-hydrogen) atoms. The van der Waals surface area contributed by atoms with E-state index in [2.05, 4.69) is 18.7 Å². The highest BCUT2D eigenvalue weighted by Crippen LogP contribution is 2.21. The number of carbonyl (C=O) groups excluding carboxylic acids is 1.